The number of carbonyl (C=O) groups is 1. The Balaban J connectivity index is 2.44. The van der Waals surface area contributed by atoms with Gasteiger partial charge >= 0.3 is 5.97 Å². The first-order valence-corrected chi connectivity index (χ1v) is 6.51. The van der Waals surface area contributed by atoms with Gasteiger partial charge in [0.15, 0.2) is 0 Å². The average Bonchev–Trinajstić information content (AvgIpc) is 2.35. The number of ether oxygens (including phenoxy) is 1. The zero-order valence-electron chi connectivity index (χ0n) is 11.6. The van der Waals surface area contributed by atoms with E-state index >= 15 is 0 Å². The quantitative estimate of drug-likeness (QED) is 0.737. The molecule has 2 unspecified atom stereocenters. The molecule has 0 aromatic carbocycles. The first kappa shape index (κ1) is 14.5. The Morgan fingerprint density at radius 2 is 2.29 bits per heavy atom. The molecular weight excluding hydrogens is 216 g/mol. The van der Waals surface area contributed by atoms with E-state index in [1.165, 1.54) is 20.0 Å². The molecule has 0 amide bonds. The van der Waals surface area contributed by atoms with Crippen LogP contribution in [0.3, 0.4) is 0 Å². The number of likely N-dealkylation sites (tertiary alicyclic amines) is 1. The van der Waals surface area contributed by atoms with E-state index in [0.29, 0.717) is 0 Å². The number of nitrogens with one attached hydrogen (secondary N) is 1. The van der Waals surface area contributed by atoms with Crippen LogP contribution in [0.25, 0.3) is 0 Å². The first-order valence-electron chi connectivity index (χ1n) is 6.51. The highest BCUT2D eigenvalue weighted by Crippen LogP contribution is 2.18. The summed E-state index contributed by atoms with van der Waals surface area (Å²) >= 11 is 0. The lowest BCUT2D eigenvalue weighted by atomic mass is 9.95. The van der Waals surface area contributed by atoms with Gasteiger partial charge in [-0.15, -0.1) is 0 Å². The fraction of sp³-hybridized carbons (Fsp3) is 0.923. The molecule has 1 rings (SSSR count). The Kier molecular flexibility index (Phi) is 5.40. The van der Waals surface area contributed by atoms with Crippen molar-refractivity contribution in [1.82, 2.24) is 10.2 Å². The van der Waals surface area contributed by atoms with Gasteiger partial charge in [-0.3, -0.25) is 4.79 Å². The highest BCUT2D eigenvalue weighted by Gasteiger charge is 2.33. The largest absolute Gasteiger partial charge is 0.468 e. The van der Waals surface area contributed by atoms with Crippen LogP contribution in [-0.4, -0.2) is 50.2 Å². The van der Waals surface area contributed by atoms with Crippen molar-refractivity contribution in [3.05, 3.63) is 0 Å². The topological polar surface area (TPSA) is 41.6 Å². The molecule has 1 aliphatic rings. The maximum absolute atomic E-state index is 11.7. The molecule has 1 heterocycles. The van der Waals surface area contributed by atoms with Crippen molar-refractivity contribution >= 4 is 5.97 Å². The van der Waals surface area contributed by atoms with Crippen molar-refractivity contribution in [2.75, 3.05) is 33.8 Å². The number of carbonyl (C=O) groups excluding carboxylic acids is 1. The molecular formula is C13H26N2O2. The molecule has 4 nitrogen and oxygen atoms in total. The minimum Gasteiger partial charge on any atom is -0.468 e. The van der Waals surface area contributed by atoms with E-state index in [4.69, 9.17) is 4.74 Å². The number of hydrogen-bond acceptors (Lipinski definition) is 4. The van der Waals surface area contributed by atoms with E-state index < -0.39 is 5.54 Å². The maximum Gasteiger partial charge on any atom is 0.325 e. The molecule has 2 atom stereocenters. The monoisotopic (exact) mass is 242 g/mol. The molecule has 0 saturated carbocycles. The van der Waals surface area contributed by atoms with Crippen LogP contribution in [0, 0.1) is 5.92 Å². The predicted molar refractivity (Wildman–Crippen MR) is 68.9 cm³/mol. The van der Waals surface area contributed by atoms with E-state index in [9.17, 15) is 4.79 Å². The molecule has 17 heavy (non-hydrogen) atoms. The van der Waals surface area contributed by atoms with Crippen LogP contribution in [0.2, 0.25) is 0 Å². The van der Waals surface area contributed by atoms with Gasteiger partial charge in [0.05, 0.1) is 7.11 Å². The van der Waals surface area contributed by atoms with Gasteiger partial charge in [0, 0.05) is 13.1 Å². The Hall–Kier alpha value is -0.610. The first-order chi connectivity index (χ1) is 8.01. The van der Waals surface area contributed by atoms with Crippen molar-refractivity contribution in [2.24, 2.45) is 5.92 Å². The van der Waals surface area contributed by atoms with E-state index in [1.807, 2.05) is 14.0 Å². The molecule has 0 radical (unpaired) electrons. The van der Waals surface area contributed by atoms with Gasteiger partial charge in [-0.2, -0.15) is 0 Å². The van der Waals surface area contributed by atoms with Crippen molar-refractivity contribution in [3.8, 4) is 0 Å². The average molecular weight is 242 g/mol. The second-order valence-electron chi connectivity index (χ2n) is 5.37. The van der Waals surface area contributed by atoms with Crippen molar-refractivity contribution in [3.63, 3.8) is 0 Å². The minimum atomic E-state index is -0.560. The summed E-state index contributed by atoms with van der Waals surface area (Å²) in [6, 6.07) is 0. The summed E-state index contributed by atoms with van der Waals surface area (Å²) in [4.78, 5) is 14.1. The van der Waals surface area contributed by atoms with Gasteiger partial charge in [-0.05, 0) is 45.7 Å². The third-order valence-corrected chi connectivity index (χ3v) is 3.86. The normalized spacial score (nSPS) is 25.3. The number of likely N-dealkylation sites (N-methyl/N-ethyl adjacent to an activating group) is 1. The fourth-order valence-electron chi connectivity index (χ4n) is 2.43. The maximum atomic E-state index is 11.7. The molecule has 1 saturated heterocycles. The minimum absolute atomic E-state index is 0.176. The number of hydrogen-bond donors (Lipinski definition) is 1. The lowest BCUT2D eigenvalue weighted by Gasteiger charge is -2.34. The number of piperidine rings is 1. The third-order valence-electron chi connectivity index (χ3n) is 3.86. The third kappa shape index (κ3) is 3.96. The standard InChI is InChI=1S/C13H26N2O2/c1-11-6-5-8-15(10-11)9-7-13(2,14-3)12(16)17-4/h11,14H,5-10H2,1-4H3. The molecule has 1 aliphatic heterocycles. The van der Waals surface area contributed by atoms with Gasteiger partial charge in [-0.1, -0.05) is 6.92 Å². The van der Waals surface area contributed by atoms with Crippen molar-refractivity contribution in [2.45, 2.75) is 38.6 Å². The van der Waals surface area contributed by atoms with E-state index in [1.54, 1.807) is 0 Å². The summed E-state index contributed by atoms with van der Waals surface area (Å²) in [7, 11) is 3.26. The van der Waals surface area contributed by atoms with Gasteiger partial charge in [-0.25, -0.2) is 0 Å². The molecule has 100 valence electrons. The summed E-state index contributed by atoms with van der Waals surface area (Å²) < 4.78 is 4.85. The Morgan fingerprint density at radius 3 is 2.82 bits per heavy atom. The summed E-state index contributed by atoms with van der Waals surface area (Å²) in [5.41, 5.74) is -0.560. The molecule has 1 N–H and O–H groups in total. The number of rotatable bonds is 5. The molecule has 0 bridgehead atoms. The fourth-order valence-corrected chi connectivity index (χ4v) is 2.43. The van der Waals surface area contributed by atoms with Crippen LogP contribution in [0.5, 0.6) is 0 Å². The second-order valence-corrected chi connectivity index (χ2v) is 5.37. The van der Waals surface area contributed by atoms with Gasteiger partial charge in [0.25, 0.3) is 0 Å². The van der Waals surface area contributed by atoms with Crippen molar-refractivity contribution in [1.29, 1.82) is 0 Å². The van der Waals surface area contributed by atoms with Gasteiger partial charge < -0.3 is 15.0 Å². The van der Waals surface area contributed by atoms with Crippen LogP contribution >= 0.6 is 0 Å². The molecule has 0 aliphatic carbocycles. The van der Waals surface area contributed by atoms with Gasteiger partial charge in [0.2, 0.25) is 0 Å². The molecule has 0 spiro atoms. The van der Waals surface area contributed by atoms with Crippen LogP contribution in [-0.2, 0) is 9.53 Å². The SMILES string of the molecule is CNC(C)(CCN1CCCC(C)C1)C(=O)OC. The van der Waals surface area contributed by atoms with Crippen LogP contribution in [0.15, 0.2) is 0 Å². The highest BCUT2D eigenvalue weighted by atomic mass is 16.5. The predicted octanol–water partition coefficient (Wildman–Crippen LogP) is 1.26. The van der Waals surface area contributed by atoms with Crippen LogP contribution in [0.1, 0.15) is 33.1 Å². The summed E-state index contributed by atoms with van der Waals surface area (Å²) in [6.07, 6.45) is 3.40. The lowest BCUT2D eigenvalue weighted by molar-refractivity contribution is -0.148. The number of nitrogens with zero attached hydrogens (tertiary/aromatic N) is 1. The molecule has 4 heteroatoms. The highest BCUT2D eigenvalue weighted by molar-refractivity contribution is 5.80. The van der Waals surface area contributed by atoms with Crippen LogP contribution < -0.4 is 5.32 Å². The van der Waals surface area contributed by atoms with E-state index in [2.05, 4.69) is 17.1 Å². The Labute approximate surface area is 105 Å². The Morgan fingerprint density at radius 1 is 1.59 bits per heavy atom. The van der Waals surface area contributed by atoms with E-state index in [-0.39, 0.29) is 5.97 Å². The smallest absolute Gasteiger partial charge is 0.325 e. The lowest BCUT2D eigenvalue weighted by Crippen LogP contribution is -2.51. The summed E-state index contributed by atoms with van der Waals surface area (Å²) in [6.45, 7) is 7.47. The molecule has 1 fully saturated rings. The zero-order chi connectivity index (χ0) is 12.9. The molecule has 0 aromatic heterocycles. The summed E-state index contributed by atoms with van der Waals surface area (Å²) in [5, 5.41) is 3.08. The Bertz CT molecular complexity index is 258. The second kappa shape index (κ2) is 6.36. The van der Waals surface area contributed by atoms with Crippen LogP contribution in [0.4, 0.5) is 0 Å². The number of esters is 1. The van der Waals surface area contributed by atoms with Gasteiger partial charge in [0.1, 0.15) is 5.54 Å². The van der Waals surface area contributed by atoms with E-state index in [0.717, 1.165) is 32.0 Å². The van der Waals surface area contributed by atoms with Crippen molar-refractivity contribution < 1.29 is 9.53 Å². The molecule has 0 aromatic rings. The summed E-state index contributed by atoms with van der Waals surface area (Å²) in [5.74, 6) is 0.604. The zero-order valence-corrected chi connectivity index (χ0v) is 11.6. The number of methoxy groups -OCH3 is 1.